The summed E-state index contributed by atoms with van der Waals surface area (Å²) in [6, 6.07) is 2.96. The summed E-state index contributed by atoms with van der Waals surface area (Å²) in [7, 11) is -3.62. The van der Waals surface area contributed by atoms with E-state index in [2.05, 4.69) is 4.98 Å². The van der Waals surface area contributed by atoms with Crippen molar-refractivity contribution >= 4 is 15.8 Å². The number of nitrogen functional groups attached to an aromatic ring is 1. The molecule has 0 radical (unpaired) electrons. The monoisotopic (exact) mass is 259 g/mol. The Kier molecular flexibility index (Phi) is 4.86. The van der Waals surface area contributed by atoms with E-state index < -0.39 is 10.0 Å². The highest BCUT2D eigenvalue weighted by Crippen LogP contribution is 2.19. The van der Waals surface area contributed by atoms with Crippen LogP contribution >= 0.6 is 0 Å². The predicted molar refractivity (Wildman–Crippen MR) is 64.8 cm³/mol. The maximum Gasteiger partial charge on any atom is 0.246 e. The van der Waals surface area contributed by atoms with Crippen molar-refractivity contribution in [2.24, 2.45) is 0 Å². The van der Waals surface area contributed by atoms with Gasteiger partial charge in [0, 0.05) is 25.9 Å². The van der Waals surface area contributed by atoms with Crippen molar-refractivity contribution in [3.05, 3.63) is 18.3 Å². The quantitative estimate of drug-likeness (QED) is 0.753. The van der Waals surface area contributed by atoms with Crippen LogP contribution in [0.1, 0.15) is 13.3 Å². The first-order valence-corrected chi connectivity index (χ1v) is 6.79. The largest absolute Gasteiger partial charge is 0.396 e. The van der Waals surface area contributed by atoms with Crippen molar-refractivity contribution in [3.8, 4) is 0 Å². The molecule has 96 valence electrons. The first kappa shape index (κ1) is 13.9. The van der Waals surface area contributed by atoms with Gasteiger partial charge in [0.25, 0.3) is 0 Å². The highest BCUT2D eigenvalue weighted by atomic mass is 32.2. The number of anilines is 1. The summed E-state index contributed by atoms with van der Waals surface area (Å²) < 4.78 is 25.7. The molecule has 1 aromatic rings. The topological polar surface area (TPSA) is 96.5 Å². The molecule has 0 bridgehead atoms. The second-order valence-corrected chi connectivity index (χ2v) is 5.37. The molecule has 0 aliphatic heterocycles. The lowest BCUT2D eigenvalue weighted by atomic mass is 10.4. The normalized spacial score (nSPS) is 11.9. The van der Waals surface area contributed by atoms with Gasteiger partial charge < -0.3 is 10.8 Å². The van der Waals surface area contributed by atoms with Gasteiger partial charge in [0.15, 0.2) is 0 Å². The molecule has 0 saturated heterocycles. The van der Waals surface area contributed by atoms with Crippen LogP contribution in [0.25, 0.3) is 0 Å². The zero-order chi connectivity index (χ0) is 12.9. The van der Waals surface area contributed by atoms with E-state index in [0.29, 0.717) is 13.0 Å². The van der Waals surface area contributed by atoms with Gasteiger partial charge in [-0.05, 0) is 18.6 Å². The number of aromatic nitrogens is 1. The first-order valence-electron chi connectivity index (χ1n) is 5.35. The van der Waals surface area contributed by atoms with Crippen LogP contribution in [-0.2, 0) is 10.0 Å². The van der Waals surface area contributed by atoms with Crippen LogP contribution < -0.4 is 5.73 Å². The average molecular weight is 259 g/mol. The predicted octanol–water partition coefficient (Wildman–Crippen LogP) is 0.0568. The van der Waals surface area contributed by atoms with Crippen molar-refractivity contribution in [1.29, 1.82) is 0 Å². The van der Waals surface area contributed by atoms with Gasteiger partial charge in [0.2, 0.25) is 10.0 Å². The second kappa shape index (κ2) is 5.95. The Morgan fingerprint density at radius 1 is 1.53 bits per heavy atom. The van der Waals surface area contributed by atoms with Crippen LogP contribution in [0.3, 0.4) is 0 Å². The molecule has 3 N–H and O–H groups in total. The maximum atomic E-state index is 12.2. The number of rotatable bonds is 6. The summed E-state index contributed by atoms with van der Waals surface area (Å²) in [5.41, 5.74) is 5.56. The number of aliphatic hydroxyl groups excluding tert-OH is 1. The van der Waals surface area contributed by atoms with Crippen LogP contribution in [0.15, 0.2) is 23.2 Å². The minimum absolute atomic E-state index is 0.00468. The number of hydrogen-bond donors (Lipinski definition) is 2. The lowest BCUT2D eigenvalue weighted by Crippen LogP contribution is -2.32. The Morgan fingerprint density at radius 2 is 2.24 bits per heavy atom. The fraction of sp³-hybridized carbons (Fsp3) is 0.500. The molecule has 7 heteroatoms. The summed E-state index contributed by atoms with van der Waals surface area (Å²) in [6.45, 7) is 2.29. The van der Waals surface area contributed by atoms with Gasteiger partial charge in [-0.3, -0.25) is 0 Å². The average Bonchev–Trinajstić information content (AvgIpc) is 2.30. The molecule has 0 atom stereocenters. The summed E-state index contributed by atoms with van der Waals surface area (Å²) in [4.78, 5) is 3.78. The Hall–Kier alpha value is -1.18. The van der Waals surface area contributed by atoms with Crippen LogP contribution in [0.2, 0.25) is 0 Å². The summed E-state index contributed by atoms with van der Waals surface area (Å²) in [5.74, 6) is -0.00468. The molecule has 0 aliphatic rings. The molecule has 6 nitrogen and oxygen atoms in total. The molecule has 1 rings (SSSR count). The van der Waals surface area contributed by atoms with Crippen molar-refractivity contribution in [1.82, 2.24) is 9.29 Å². The van der Waals surface area contributed by atoms with E-state index in [1.165, 1.54) is 22.6 Å². The minimum atomic E-state index is -3.62. The lowest BCUT2D eigenvalue weighted by molar-refractivity contribution is 0.271. The van der Waals surface area contributed by atoms with Gasteiger partial charge in [-0.1, -0.05) is 6.92 Å². The maximum absolute atomic E-state index is 12.2. The molecule has 0 spiro atoms. The van der Waals surface area contributed by atoms with Gasteiger partial charge in [-0.15, -0.1) is 0 Å². The summed E-state index contributed by atoms with van der Waals surface area (Å²) in [6.07, 6.45) is 1.84. The molecular weight excluding hydrogens is 242 g/mol. The zero-order valence-electron chi connectivity index (χ0n) is 9.70. The van der Waals surface area contributed by atoms with Gasteiger partial charge in [0.05, 0.1) is 0 Å². The van der Waals surface area contributed by atoms with Crippen LogP contribution in [0.5, 0.6) is 0 Å². The van der Waals surface area contributed by atoms with Crippen LogP contribution in [0, 0.1) is 0 Å². The smallest absolute Gasteiger partial charge is 0.246 e. The molecule has 0 unspecified atom stereocenters. The van der Waals surface area contributed by atoms with E-state index >= 15 is 0 Å². The van der Waals surface area contributed by atoms with E-state index in [9.17, 15) is 8.42 Å². The fourth-order valence-electron chi connectivity index (χ4n) is 1.46. The molecule has 0 aromatic carbocycles. The van der Waals surface area contributed by atoms with Gasteiger partial charge in [-0.2, -0.15) is 4.31 Å². The number of aliphatic hydroxyl groups is 1. The fourth-order valence-corrected chi connectivity index (χ4v) is 3.01. The highest BCUT2D eigenvalue weighted by Gasteiger charge is 2.24. The molecule has 0 aliphatic carbocycles. The van der Waals surface area contributed by atoms with Gasteiger partial charge in [0.1, 0.15) is 10.7 Å². The third kappa shape index (κ3) is 3.15. The molecular formula is C10H17N3O3S. The van der Waals surface area contributed by atoms with E-state index in [0.717, 1.165) is 0 Å². The number of hydrogen-bond acceptors (Lipinski definition) is 5. The Morgan fingerprint density at radius 3 is 2.76 bits per heavy atom. The van der Waals surface area contributed by atoms with Gasteiger partial charge in [-0.25, -0.2) is 13.4 Å². The lowest BCUT2D eigenvalue weighted by Gasteiger charge is -2.20. The molecule has 1 heterocycles. The Balaban J connectivity index is 3.05. The second-order valence-electron chi connectivity index (χ2n) is 3.46. The SMILES string of the molecule is CCN(CCCO)S(=O)(=O)c1cccnc1N. The third-order valence-electron chi connectivity index (χ3n) is 2.34. The first-order chi connectivity index (χ1) is 8.04. The Labute approximate surface area is 101 Å². The van der Waals surface area contributed by atoms with E-state index in [1.54, 1.807) is 6.92 Å². The molecule has 0 saturated carbocycles. The van der Waals surface area contributed by atoms with Crippen LogP contribution in [-0.4, -0.2) is 42.5 Å². The van der Waals surface area contributed by atoms with Crippen molar-refractivity contribution in [3.63, 3.8) is 0 Å². The van der Waals surface area contributed by atoms with E-state index in [-0.39, 0.29) is 23.9 Å². The van der Waals surface area contributed by atoms with Gasteiger partial charge >= 0.3 is 0 Å². The number of sulfonamides is 1. The number of nitrogens with zero attached hydrogens (tertiary/aromatic N) is 2. The number of nitrogens with two attached hydrogens (primary N) is 1. The van der Waals surface area contributed by atoms with Crippen molar-refractivity contribution in [2.75, 3.05) is 25.4 Å². The highest BCUT2D eigenvalue weighted by molar-refractivity contribution is 7.89. The van der Waals surface area contributed by atoms with E-state index in [1.807, 2.05) is 0 Å². The molecule has 0 fully saturated rings. The summed E-state index contributed by atoms with van der Waals surface area (Å²) in [5, 5.41) is 8.74. The summed E-state index contributed by atoms with van der Waals surface area (Å²) >= 11 is 0. The third-order valence-corrected chi connectivity index (χ3v) is 4.36. The van der Waals surface area contributed by atoms with Crippen molar-refractivity contribution < 1.29 is 13.5 Å². The van der Waals surface area contributed by atoms with E-state index in [4.69, 9.17) is 10.8 Å². The molecule has 17 heavy (non-hydrogen) atoms. The minimum Gasteiger partial charge on any atom is -0.396 e. The zero-order valence-corrected chi connectivity index (χ0v) is 10.5. The van der Waals surface area contributed by atoms with Crippen LogP contribution in [0.4, 0.5) is 5.82 Å². The Bertz CT molecular complexity index is 462. The molecule has 1 aromatic heterocycles. The molecule has 0 amide bonds. The van der Waals surface area contributed by atoms with Crippen molar-refractivity contribution in [2.45, 2.75) is 18.2 Å². The standard InChI is InChI=1S/C10H17N3O3S/c1-2-13(7-4-8-14)17(15,16)9-5-3-6-12-10(9)11/h3,5-6,14H,2,4,7-8H2,1H3,(H2,11,12). The number of pyridine rings is 1.